The predicted octanol–water partition coefficient (Wildman–Crippen LogP) is 4.48. The summed E-state index contributed by atoms with van der Waals surface area (Å²) in [4.78, 5) is 12.6. The Hall–Kier alpha value is -2.40. The average molecular weight is 351 g/mol. The molecule has 0 atom stereocenters. The number of aromatic nitrogens is 3. The second-order valence-electron chi connectivity index (χ2n) is 6.23. The van der Waals surface area contributed by atoms with Gasteiger partial charge >= 0.3 is 0 Å². The van der Waals surface area contributed by atoms with E-state index in [4.69, 9.17) is 0 Å². The van der Waals surface area contributed by atoms with Crippen LogP contribution in [0.3, 0.4) is 0 Å². The predicted molar refractivity (Wildman–Crippen MR) is 102 cm³/mol. The molecule has 128 valence electrons. The van der Waals surface area contributed by atoms with Crippen LogP contribution < -0.4 is 0 Å². The zero-order valence-electron chi connectivity index (χ0n) is 14.9. The number of thioether (sulfide) groups is 1. The fraction of sp³-hybridized carbons (Fsp3) is 0.250. The number of hydrogen-bond acceptors (Lipinski definition) is 4. The molecule has 0 bridgehead atoms. The van der Waals surface area contributed by atoms with Crippen LogP contribution >= 0.6 is 11.8 Å². The number of rotatable bonds is 5. The fourth-order valence-electron chi connectivity index (χ4n) is 2.84. The Labute approximate surface area is 152 Å². The average Bonchev–Trinajstić information content (AvgIpc) is 2.93. The lowest BCUT2D eigenvalue weighted by molar-refractivity contribution is 0.102. The normalized spacial score (nSPS) is 10.9. The zero-order valence-corrected chi connectivity index (χ0v) is 15.7. The van der Waals surface area contributed by atoms with E-state index in [1.54, 1.807) is 0 Å². The lowest BCUT2D eigenvalue weighted by atomic mass is 10.0. The molecule has 4 nitrogen and oxygen atoms in total. The second kappa shape index (κ2) is 7.23. The van der Waals surface area contributed by atoms with E-state index in [9.17, 15) is 4.79 Å². The third-order valence-electron chi connectivity index (χ3n) is 4.07. The van der Waals surface area contributed by atoms with Gasteiger partial charge < -0.3 is 0 Å². The van der Waals surface area contributed by atoms with Crippen LogP contribution in [-0.2, 0) is 0 Å². The summed E-state index contributed by atoms with van der Waals surface area (Å²) in [5.74, 6) is 1.26. The van der Waals surface area contributed by atoms with Gasteiger partial charge in [0.1, 0.15) is 5.82 Å². The fourth-order valence-corrected chi connectivity index (χ4v) is 3.72. The largest absolute Gasteiger partial charge is 0.293 e. The summed E-state index contributed by atoms with van der Waals surface area (Å²) in [6, 6.07) is 14.1. The van der Waals surface area contributed by atoms with E-state index >= 15 is 0 Å². The number of benzene rings is 2. The van der Waals surface area contributed by atoms with E-state index in [-0.39, 0.29) is 5.78 Å². The van der Waals surface area contributed by atoms with Gasteiger partial charge in [-0.3, -0.25) is 9.36 Å². The highest BCUT2D eigenvalue weighted by Crippen LogP contribution is 2.24. The Kier molecular flexibility index (Phi) is 5.04. The molecule has 3 aromatic rings. The molecule has 0 saturated carbocycles. The highest BCUT2D eigenvalue weighted by molar-refractivity contribution is 7.99. The molecule has 0 aliphatic heterocycles. The van der Waals surface area contributed by atoms with Gasteiger partial charge in [0, 0.05) is 11.3 Å². The molecule has 0 fully saturated rings. The van der Waals surface area contributed by atoms with Crippen molar-refractivity contribution in [1.82, 2.24) is 14.8 Å². The maximum Gasteiger partial charge on any atom is 0.196 e. The Morgan fingerprint density at radius 1 is 1.00 bits per heavy atom. The summed E-state index contributed by atoms with van der Waals surface area (Å²) >= 11 is 1.42. The van der Waals surface area contributed by atoms with Gasteiger partial charge in [-0.2, -0.15) is 0 Å². The van der Waals surface area contributed by atoms with Gasteiger partial charge in [0.15, 0.2) is 10.9 Å². The first-order valence-electron chi connectivity index (χ1n) is 8.18. The minimum atomic E-state index is 0.110. The van der Waals surface area contributed by atoms with Crippen molar-refractivity contribution in [2.45, 2.75) is 32.9 Å². The van der Waals surface area contributed by atoms with E-state index in [1.807, 2.05) is 55.7 Å². The van der Waals surface area contributed by atoms with Gasteiger partial charge in [0.25, 0.3) is 0 Å². The van der Waals surface area contributed by atoms with Crippen LogP contribution in [0.15, 0.2) is 47.6 Å². The SMILES string of the molecule is Cc1cccc(-n2c(C)nnc2SCC(=O)c2ccc(C)cc2C)c1. The summed E-state index contributed by atoms with van der Waals surface area (Å²) < 4.78 is 1.99. The molecule has 0 radical (unpaired) electrons. The Morgan fingerprint density at radius 3 is 2.48 bits per heavy atom. The van der Waals surface area contributed by atoms with Crippen LogP contribution in [0, 0.1) is 27.7 Å². The molecular weight excluding hydrogens is 330 g/mol. The van der Waals surface area contributed by atoms with Crippen molar-refractivity contribution < 1.29 is 4.79 Å². The number of nitrogens with zero attached hydrogens (tertiary/aromatic N) is 3. The van der Waals surface area contributed by atoms with E-state index in [0.29, 0.717) is 5.75 Å². The third-order valence-corrected chi connectivity index (χ3v) is 5.00. The summed E-state index contributed by atoms with van der Waals surface area (Å²) in [5, 5.41) is 9.17. The molecule has 0 saturated heterocycles. The molecule has 0 aliphatic carbocycles. The summed E-state index contributed by atoms with van der Waals surface area (Å²) in [5.41, 5.74) is 5.15. The van der Waals surface area contributed by atoms with Gasteiger partial charge in [-0.15, -0.1) is 10.2 Å². The van der Waals surface area contributed by atoms with Crippen LogP contribution in [0.25, 0.3) is 5.69 Å². The minimum Gasteiger partial charge on any atom is -0.293 e. The molecule has 3 rings (SSSR count). The summed E-state index contributed by atoms with van der Waals surface area (Å²) in [6.07, 6.45) is 0. The number of carbonyl (C=O) groups is 1. The van der Waals surface area contributed by atoms with E-state index < -0.39 is 0 Å². The van der Waals surface area contributed by atoms with Gasteiger partial charge in [-0.25, -0.2) is 0 Å². The molecular formula is C20H21N3OS. The number of aryl methyl sites for hydroxylation is 4. The van der Waals surface area contributed by atoms with Crippen molar-refractivity contribution in [2.75, 3.05) is 5.75 Å². The third kappa shape index (κ3) is 3.82. The molecule has 1 aromatic heterocycles. The van der Waals surface area contributed by atoms with Crippen LogP contribution in [-0.4, -0.2) is 26.3 Å². The molecule has 1 heterocycles. The monoisotopic (exact) mass is 351 g/mol. The molecule has 0 N–H and O–H groups in total. The Morgan fingerprint density at radius 2 is 1.76 bits per heavy atom. The van der Waals surface area contributed by atoms with Gasteiger partial charge in [-0.1, -0.05) is 47.7 Å². The van der Waals surface area contributed by atoms with E-state index in [2.05, 4.69) is 29.3 Å². The standard InChI is InChI=1S/C20H21N3OS/c1-13-6-5-7-17(11-13)23-16(4)21-22-20(23)25-12-19(24)18-9-8-14(2)10-15(18)3/h5-11H,12H2,1-4H3. The smallest absolute Gasteiger partial charge is 0.196 e. The topological polar surface area (TPSA) is 47.8 Å². The van der Waals surface area contributed by atoms with Crippen molar-refractivity contribution in [2.24, 2.45) is 0 Å². The molecule has 0 aliphatic rings. The highest BCUT2D eigenvalue weighted by Gasteiger charge is 2.15. The lowest BCUT2D eigenvalue weighted by Crippen LogP contribution is -2.07. The highest BCUT2D eigenvalue weighted by atomic mass is 32.2. The molecule has 0 unspecified atom stereocenters. The van der Waals surface area contributed by atoms with Crippen LogP contribution in [0.1, 0.15) is 32.9 Å². The minimum absolute atomic E-state index is 0.110. The first-order valence-corrected chi connectivity index (χ1v) is 9.16. The number of carbonyl (C=O) groups excluding carboxylic acids is 1. The number of hydrogen-bond donors (Lipinski definition) is 0. The first kappa shape index (κ1) is 17.4. The molecule has 0 amide bonds. The summed E-state index contributed by atoms with van der Waals surface area (Å²) in [7, 11) is 0. The molecule has 25 heavy (non-hydrogen) atoms. The van der Waals surface area contributed by atoms with Crippen LogP contribution in [0.2, 0.25) is 0 Å². The molecule has 5 heteroatoms. The van der Waals surface area contributed by atoms with Crippen LogP contribution in [0.5, 0.6) is 0 Å². The van der Waals surface area contributed by atoms with Crippen LogP contribution in [0.4, 0.5) is 0 Å². The van der Waals surface area contributed by atoms with Crippen molar-refractivity contribution in [3.05, 3.63) is 70.5 Å². The second-order valence-corrected chi connectivity index (χ2v) is 7.18. The van der Waals surface area contributed by atoms with E-state index in [1.165, 1.54) is 17.3 Å². The summed E-state index contributed by atoms with van der Waals surface area (Å²) in [6.45, 7) is 7.98. The maximum atomic E-state index is 12.6. The Balaban J connectivity index is 1.81. The Bertz CT molecular complexity index is 930. The van der Waals surface area contributed by atoms with Crippen molar-refractivity contribution >= 4 is 17.5 Å². The van der Waals surface area contributed by atoms with Crippen molar-refractivity contribution in [1.29, 1.82) is 0 Å². The zero-order chi connectivity index (χ0) is 18.0. The number of Topliss-reactive ketones (excluding diaryl/α,β-unsaturated/α-hetero) is 1. The quantitative estimate of drug-likeness (QED) is 0.502. The maximum absolute atomic E-state index is 12.6. The number of ketones is 1. The molecule has 2 aromatic carbocycles. The first-order chi connectivity index (χ1) is 12.0. The van der Waals surface area contributed by atoms with Gasteiger partial charge in [0.05, 0.1) is 5.75 Å². The van der Waals surface area contributed by atoms with Gasteiger partial charge in [-0.05, 0) is 51.0 Å². The molecule has 0 spiro atoms. The lowest BCUT2D eigenvalue weighted by Gasteiger charge is -2.09. The van der Waals surface area contributed by atoms with Gasteiger partial charge in [0.2, 0.25) is 0 Å². The van der Waals surface area contributed by atoms with Crippen molar-refractivity contribution in [3.63, 3.8) is 0 Å². The van der Waals surface area contributed by atoms with Crippen molar-refractivity contribution in [3.8, 4) is 5.69 Å². The van der Waals surface area contributed by atoms with E-state index in [0.717, 1.165) is 33.4 Å².